The van der Waals surface area contributed by atoms with E-state index in [-0.39, 0.29) is 5.91 Å². The number of nitrogens with one attached hydrogen (secondary N) is 1. The molecule has 1 N–H and O–H groups in total. The van der Waals surface area contributed by atoms with Crippen LogP contribution >= 0.6 is 0 Å². The third kappa shape index (κ3) is 1.55. The van der Waals surface area contributed by atoms with E-state index in [4.69, 9.17) is 0 Å². The summed E-state index contributed by atoms with van der Waals surface area (Å²) in [6.45, 7) is 0. The van der Waals surface area contributed by atoms with E-state index in [0.29, 0.717) is 6.04 Å². The van der Waals surface area contributed by atoms with Gasteiger partial charge in [0.25, 0.3) is 0 Å². The van der Waals surface area contributed by atoms with Gasteiger partial charge in [-0.1, -0.05) is 19.3 Å². The van der Waals surface area contributed by atoms with Crippen LogP contribution in [0.5, 0.6) is 0 Å². The van der Waals surface area contributed by atoms with Crippen LogP contribution in [0.25, 0.3) is 0 Å². The van der Waals surface area contributed by atoms with E-state index in [1.807, 2.05) is 0 Å². The second-order valence-electron chi connectivity index (χ2n) is 3.84. The van der Waals surface area contributed by atoms with Gasteiger partial charge in [0.1, 0.15) is 0 Å². The van der Waals surface area contributed by atoms with Crippen molar-refractivity contribution in [1.29, 1.82) is 0 Å². The van der Waals surface area contributed by atoms with E-state index < -0.39 is 0 Å². The lowest BCUT2D eigenvalue weighted by molar-refractivity contribution is -0.119. The van der Waals surface area contributed by atoms with Crippen LogP contribution in [0.2, 0.25) is 0 Å². The Morgan fingerprint density at radius 1 is 1.36 bits per heavy atom. The number of hydrogen-bond donors (Lipinski definition) is 1. The molecule has 2 heteroatoms. The molecule has 1 saturated heterocycles. The highest BCUT2D eigenvalue weighted by molar-refractivity contribution is 5.78. The largest absolute Gasteiger partial charge is 0.353 e. The lowest BCUT2D eigenvalue weighted by Gasteiger charge is -2.27. The fraction of sp³-hybridized carbons (Fsp3) is 0.889. The van der Waals surface area contributed by atoms with Crippen molar-refractivity contribution in [1.82, 2.24) is 5.32 Å². The molecular formula is C9H15NO. The molecule has 1 amide bonds. The molecule has 2 rings (SSSR count). The van der Waals surface area contributed by atoms with E-state index in [1.165, 1.54) is 25.7 Å². The second kappa shape index (κ2) is 2.84. The molecule has 1 atom stereocenters. The predicted molar refractivity (Wildman–Crippen MR) is 43.1 cm³/mol. The molecule has 0 aromatic rings. The van der Waals surface area contributed by atoms with Crippen molar-refractivity contribution in [2.24, 2.45) is 5.92 Å². The van der Waals surface area contributed by atoms with Crippen LogP contribution in [0.4, 0.5) is 0 Å². The highest BCUT2D eigenvalue weighted by Crippen LogP contribution is 2.32. The van der Waals surface area contributed by atoms with Gasteiger partial charge in [0.15, 0.2) is 0 Å². The summed E-state index contributed by atoms with van der Waals surface area (Å²) < 4.78 is 0. The Balaban J connectivity index is 1.73. The Kier molecular flexibility index (Phi) is 1.84. The summed E-state index contributed by atoms with van der Waals surface area (Å²) in [5, 5.41) is 3.01. The van der Waals surface area contributed by atoms with Crippen molar-refractivity contribution in [3.8, 4) is 0 Å². The summed E-state index contributed by atoms with van der Waals surface area (Å²) in [6.07, 6.45) is 7.28. The van der Waals surface area contributed by atoms with Crippen LogP contribution in [0.15, 0.2) is 0 Å². The quantitative estimate of drug-likeness (QED) is 0.639. The van der Waals surface area contributed by atoms with E-state index in [0.717, 1.165) is 18.8 Å². The average molecular weight is 153 g/mol. The van der Waals surface area contributed by atoms with Gasteiger partial charge in [-0.25, -0.2) is 0 Å². The zero-order chi connectivity index (χ0) is 7.68. The summed E-state index contributed by atoms with van der Waals surface area (Å²) in [5.41, 5.74) is 0. The summed E-state index contributed by atoms with van der Waals surface area (Å²) >= 11 is 0. The van der Waals surface area contributed by atoms with E-state index in [1.54, 1.807) is 0 Å². The van der Waals surface area contributed by atoms with Gasteiger partial charge in [-0.3, -0.25) is 4.79 Å². The topological polar surface area (TPSA) is 29.1 Å². The lowest BCUT2D eigenvalue weighted by Crippen LogP contribution is -2.29. The van der Waals surface area contributed by atoms with Crippen molar-refractivity contribution < 1.29 is 4.79 Å². The van der Waals surface area contributed by atoms with Crippen LogP contribution < -0.4 is 5.32 Å². The van der Waals surface area contributed by atoms with Gasteiger partial charge in [0.05, 0.1) is 0 Å². The molecule has 0 radical (unpaired) electrons. The van der Waals surface area contributed by atoms with Gasteiger partial charge in [-0.05, 0) is 18.8 Å². The van der Waals surface area contributed by atoms with Crippen LogP contribution in [0.3, 0.4) is 0 Å². The fourth-order valence-corrected chi connectivity index (χ4v) is 1.98. The average Bonchev–Trinajstić information content (AvgIpc) is 2.27. The third-order valence-corrected chi connectivity index (χ3v) is 2.93. The molecule has 2 aliphatic rings. The summed E-state index contributed by atoms with van der Waals surface area (Å²) in [5.74, 6) is 1.19. The minimum Gasteiger partial charge on any atom is -0.353 e. The number of hydrogen-bond acceptors (Lipinski definition) is 1. The molecule has 62 valence electrons. The predicted octanol–water partition coefficient (Wildman–Crippen LogP) is 1.46. The van der Waals surface area contributed by atoms with Crippen LogP contribution in [-0.4, -0.2) is 11.9 Å². The van der Waals surface area contributed by atoms with Crippen molar-refractivity contribution in [3.05, 3.63) is 0 Å². The first kappa shape index (κ1) is 7.14. The molecule has 1 aliphatic heterocycles. The minimum absolute atomic E-state index is 0.259. The Hall–Kier alpha value is -0.530. The van der Waals surface area contributed by atoms with E-state index in [9.17, 15) is 4.79 Å². The zero-order valence-electron chi connectivity index (χ0n) is 6.81. The molecule has 0 spiro atoms. The van der Waals surface area contributed by atoms with E-state index >= 15 is 0 Å². The number of carbonyl (C=O) groups is 1. The first-order valence-electron chi connectivity index (χ1n) is 4.64. The van der Waals surface area contributed by atoms with Gasteiger partial charge in [0, 0.05) is 12.5 Å². The second-order valence-corrected chi connectivity index (χ2v) is 3.84. The summed E-state index contributed by atoms with van der Waals surface area (Å²) in [6, 6.07) is 0.521. The lowest BCUT2D eigenvalue weighted by atomic mass is 9.81. The zero-order valence-corrected chi connectivity index (χ0v) is 6.81. The SMILES string of the molecule is O=C1CCC(CC2CCC2)N1. The standard InChI is InChI=1S/C9H15NO/c11-9-5-4-8(10-9)6-7-2-1-3-7/h7-8H,1-6H2,(H,10,11). The molecule has 11 heavy (non-hydrogen) atoms. The molecule has 0 bridgehead atoms. The Morgan fingerprint density at radius 2 is 2.18 bits per heavy atom. The smallest absolute Gasteiger partial charge is 0.220 e. The monoisotopic (exact) mass is 153 g/mol. The Labute approximate surface area is 67.4 Å². The maximum atomic E-state index is 10.8. The Morgan fingerprint density at radius 3 is 2.64 bits per heavy atom. The molecule has 1 heterocycles. The maximum absolute atomic E-state index is 10.8. The Bertz CT molecular complexity index is 163. The van der Waals surface area contributed by atoms with Gasteiger partial charge >= 0.3 is 0 Å². The highest BCUT2D eigenvalue weighted by atomic mass is 16.1. The third-order valence-electron chi connectivity index (χ3n) is 2.93. The van der Waals surface area contributed by atoms with Gasteiger partial charge < -0.3 is 5.32 Å². The van der Waals surface area contributed by atoms with Crippen LogP contribution in [-0.2, 0) is 4.79 Å². The van der Waals surface area contributed by atoms with Crippen molar-refractivity contribution >= 4 is 5.91 Å². The molecule has 1 saturated carbocycles. The van der Waals surface area contributed by atoms with Gasteiger partial charge in [-0.15, -0.1) is 0 Å². The minimum atomic E-state index is 0.259. The summed E-state index contributed by atoms with van der Waals surface area (Å²) in [7, 11) is 0. The maximum Gasteiger partial charge on any atom is 0.220 e. The van der Waals surface area contributed by atoms with E-state index in [2.05, 4.69) is 5.32 Å². The fourth-order valence-electron chi connectivity index (χ4n) is 1.98. The van der Waals surface area contributed by atoms with Crippen molar-refractivity contribution in [2.75, 3.05) is 0 Å². The molecule has 1 unspecified atom stereocenters. The first-order chi connectivity index (χ1) is 5.34. The normalized spacial score (nSPS) is 31.6. The summed E-state index contributed by atoms with van der Waals surface area (Å²) in [4.78, 5) is 10.8. The molecule has 2 nitrogen and oxygen atoms in total. The molecule has 1 aliphatic carbocycles. The molecular weight excluding hydrogens is 138 g/mol. The first-order valence-corrected chi connectivity index (χ1v) is 4.64. The molecule has 0 aromatic carbocycles. The van der Waals surface area contributed by atoms with Gasteiger partial charge in [-0.2, -0.15) is 0 Å². The number of carbonyl (C=O) groups excluding carboxylic acids is 1. The number of amides is 1. The molecule has 0 aromatic heterocycles. The highest BCUT2D eigenvalue weighted by Gasteiger charge is 2.26. The van der Waals surface area contributed by atoms with Crippen LogP contribution in [0, 0.1) is 5.92 Å². The van der Waals surface area contributed by atoms with Crippen LogP contribution in [0.1, 0.15) is 38.5 Å². The van der Waals surface area contributed by atoms with Crippen molar-refractivity contribution in [3.63, 3.8) is 0 Å². The molecule has 2 fully saturated rings. The van der Waals surface area contributed by atoms with Crippen molar-refractivity contribution in [2.45, 2.75) is 44.6 Å². The van der Waals surface area contributed by atoms with Gasteiger partial charge in [0.2, 0.25) is 5.91 Å². The number of rotatable bonds is 2.